The number of hydrogen-bond acceptors (Lipinski definition) is 2. The molecule has 2 aliphatic carbocycles. The number of hydrogen-bond donors (Lipinski definition) is 0. The molecule has 0 spiro atoms. The van der Waals surface area contributed by atoms with Gasteiger partial charge in [0.15, 0.2) is 0 Å². The molecule has 0 radical (unpaired) electrons. The Hall–Kier alpha value is -2.54. The Balaban J connectivity index is 1.96. The normalized spacial score (nSPS) is 23.7. The van der Waals surface area contributed by atoms with E-state index in [1.807, 2.05) is 64.2 Å². The van der Waals surface area contributed by atoms with Crippen LogP contribution in [0.5, 0.6) is 11.5 Å². The van der Waals surface area contributed by atoms with Gasteiger partial charge in [0.2, 0.25) is 0 Å². The maximum atomic E-state index is 13.5. The molecule has 2 atom stereocenters. The molecule has 2 aromatic carbocycles. The SMILES string of the molecule is CC1=C[C](C)([Zr]([O]c2cccc(C(F)(F)F)c2)([O]c2cccc(C(F)(F)F)c2)[C]2(C)C=CC(C)=C2)C=C1. The van der Waals surface area contributed by atoms with Gasteiger partial charge in [-0.1, -0.05) is 0 Å². The molecule has 2 nitrogen and oxygen atoms in total. The fourth-order valence-corrected chi connectivity index (χ4v) is 15.9. The third kappa shape index (κ3) is 5.25. The van der Waals surface area contributed by atoms with Crippen LogP contribution in [-0.4, -0.2) is 0 Å². The van der Waals surface area contributed by atoms with Crippen molar-refractivity contribution in [1.82, 2.24) is 0 Å². The second-order valence-electron chi connectivity index (χ2n) is 9.88. The minimum atomic E-state index is -5.07. The van der Waals surface area contributed by atoms with Gasteiger partial charge in [0.1, 0.15) is 0 Å². The Morgan fingerprint density at radius 3 is 1.32 bits per heavy atom. The van der Waals surface area contributed by atoms with E-state index in [1.54, 1.807) is 0 Å². The van der Waals surface area contributed by atoms with Crippen LogP contribution >= 0.6 is 0 Å². The van der Waals surface area contributed by atoms with Crippen LogP contribution in [0.25, 0.3) is 0 Å². The average Bonchev–Trinajstić information content (AvgIpc) is 3.34. The number of benzene rings is 2. The summed E-state index contributed by atoms with van der Waals surface area (Å²) in [6, 6.07) is 9.07. The van der Waals surface area contributed by atoms with E-state index in [4.69, 9.17) is 5.63 Å². The van der Waals surface area contributed by atoms with E-state index in [-0.39, 0.29) is 11.5 Å². The number of allylic oxidation sites excluding steroid dienone is 8. The summed E-state index contributed by atoms with van der Waals surface area (Å²) in [5.41, 5.74) is 0.0224. The summed E-state index contributed by atoms with van der Waals surface area (Å²) in [7, 11) is 0. The van der Waals surface area contributed by atoms with E-state index in [0.29, 0.717) is 0 Å². The van der Waals surface area contributed by atoms with E-state index in [1.165, 1.54) is 24.3 Å². The van der Waals surface area contributed by atoms with Gasteiger partial charge in [-0.25, -0.2) is 0 Å². The summed E-state index contributed by atoms with van der Waals surface area (Å²) in [6.45, 7) is 7.50. The molecular formula is C28H26F6O2Zr. The monoisotopic (exact) mass is 598 g/mol. The van der Waals surface area contributed by atoms with Gasteiger partial charge in [0.25, 0.3) is 0 Å². The van der Waals surface area contributed by atoms with Gasteiger partial charge in [0, 0.05) is 0 Å². The Morgan fingerprint density at radius 1 is 0.649 bits per heavy atom. The van der Waals surface area contributed by atoms with Gasteiger partial charge in [0.05, 0.1) is 0 Å². The number of rotatable bonds is 6. The van der Waals surface area contributed by atoms with Crippen molar-refractivity contribution in [3.63, 3.8) is 0 Å². The van der Waals surface area contributed by atoms with Crippen molar-refractivity contribution in [3.05, 3.63) is 107 Å². The molecule has 2 aliphatic rings. The zero-order valence-corrected chi connectivity index (χ0v) is 23.1. The van der Waals surface area contributed by atoms with Crippen molar-refractivity contribution in [2.45, 2.75) is 46.3 Å². The second kappa shape index (κ2) is 9.34. The molecule has 0 heterocycles. The number of halogens is 6. The standard InChI is InChI=1S/2C7H5F3O.2C7H9.Zr/c2*8-7(9,10)5-2-1-3-6(11)4-5;2*1-6-3-4-7(2)5-6;/h2*1-4,11H;2*3-5H,1-2H3;/q;;;;+2/p-2. The Morgan fingerprint density at radius 2 is 1.03 bits per heavy atom. The molecule has 0 N–H and O–H groups in total. The third-order valence-electron chi connectivity index (χ3n) is 6.70. The van der Waals surface area contributed by atoms with Crippen LogP contribution in [0.1, 0.15) is 38.8 Å². The molecule has 0 amide bonds. The molecule has 9 heteroatoms. The Labute approximate surface area is 217 Å². The Kier molecular flexibility index (Phi) is 6.94. The summed E-state index contributed by atoms with van der Waals surface area (Å²) < 4.78 is 92.8. The van der Waals surface area contributed by atoms with Gasteiger partial charge < -0.3 is 0 Å². The first kappa shape index (κ1) is 27.5. The van der Waals surface area contributed by atoms with Gasteiger partial charge >= 0.3 is 218 Å². The number of alkyl halides is 6. The van der Waals surface area contributed by atoms with Gasteiger partial charge in [-0.15, -0.1) is 0 Å². The quantitative estimate of drug-likeness (QED) is 0.308. The second-order valence-corrected chi connectivity index (χ2v) is 19.2. The van der Waals surface area contributed by atoms with Crippen molar-refractivity contribution >= 4 is 0 Å². The van der Waals surface area contributed by atoms with Crippen molar-refractivity contribution in [3.8, 4) is 11.5 Å². The molecule has 0 aliphatic heterocycles. The van der Waals surface area contributed by atoms with Crippen LogP contribution < -0.4 is 5.63 Å². The molecule has 196 valence electrons. The van der Waals surface area contributed by atoms with Crippen LogP contribution in [0.4, 0.5) is 26.3 Å². The summed E-state index contributed by atoms with van der Waals surface area (Å²) in [6.07, 6.45) is 2.20. The topological polar surface area (TPSA) is 18.5 Å². The molecule has 37 heavy (non-hydrogen) atoms. The molecule has 2 aromatic rings. The fraction of sp³-hybridized carbons (Fsp3) is 0.286. The predicted molar refractivity (Wildman–Crippen MR) is 127 cm³/mol. The van der Waals surface area contributed by atoms with Gasteiger partial charge in [-0.05, 0) is 0 Å². The zero-order chi connectivity index (χ0) is 27.3. The minimum absolute atomic E-state index is 0.0437. The van der Waals surface area contributed by atoms with Crippen LogP contribution in [0, 0.1) is 0 Å². The molecule has 0 aromatic heterocycles. The van der Waals surface area contributed by atoms with Gasteiger partial charge in [-0.2, -0.15) is 0 Å². The van der Waals surface area contributed by atoms with E-state index in [0.717, 1.165) is 35.4 Å². The fourth-order valence-electron chi connectivity index (χ4n) is 5.00. The first-order chi connectivity index (χ1) is 17.1. The Bertz CT molecular complexity index is 1220. The van der Waals surface area contributed by atoms with Crippen LogP contribution in [0.2, 0.25) is 6.25 Å². The average molecular weight is 600 g/mol. The van der Waals surface area contributed by atoms with Crippen molar-refractivity contribution in [2.75, 3.05) is 0 Å². The van der Waals surface area contributed by atoms with Crippen molar-refractivity contribution < 1.29 is 53.1 Å². The van der Waals surface area contributed by atoms with Gasteiger partial charge in [-0.3, -0.25) is 0 Å². The van der Waals surface area contributed by atoms with E-state index in [2.05, 4.69) is 0 Å². The molecule has 4 rings (SSSR count). The molecule has 0 saturated carbocycles. The van der Waals surface area contributed by atoms with Crippen LogP contribution in [-0.2, 0) is 33.5 Å². The molecule has 0 saturated heterocycles. The van der Waals surface area contributed by atoms with Crippen molar-refractivity contribution in [2.24, 2.45) is 0 Å². The van der Waals surface area contributed by atoms with E-state index < -0.39 is 50.9 Å². The van der Waals surface area contributed by atoms with Crippen molar-refractivity contribution in [1.29, 1.82) is 0 Å². The van der Waals surface area contributed by atoms with Crippen LogP contribution in [0.15, 0.2) is 96.1 Å². The summed E-state index contributed by atoms with van der Waals surface area (Å²) in [4.78, 5) is 0. The molecule has 0 fully saturated rings. The summed E-state index contributed by atoms with van der Waals surface area (Å²) >= 11 is -5.07. The molecule has 2 unspecified atom stereocenters. The first-order valence-corrected chi connectivity index (χ1v) is 16.0. The zero-order valence-electron chi connectivity index (χ0n) is 20.7. The van der Waals surface area contributed by atoms with Crippen LogP contribution in [0.3, 0.4) is 0 Å². The summed E-state index contributed by atoms with van der Waals surface area (Å²) in [5.74, 6) is -0.0875. The predicted octanol–water partition coefficient (Wildman–Crippen LogP) is 9.56. The van der Waals surface area contributed by atoms with E-state index >= 15 is 0 Å². The molecular weight excluding hydrogens is 574 g/mol. The van der Waals surface area contributed by atoms with E-state index in [9.17, 15) is 26.3 Å². The first-order valence-electron chi connectivity index (χ1n) is 11.6. The third-order valence-corrected chi connectivity index (χ3v) is 17.8. The maximum absolute atomic E-state index is 13.5. The molecule has 0 bridgehead atoms. The summed E-state index contributed by atoms with van der Waals surface area (Å²) in [5, 5.41) is 0.